The summed E-state index contributed by atoms with van der Waals surface area (Å²) in [5.41, 5.74) is 2.12. The maximum absolute atomic E-state index is 11.3. The number of amidine groups is 1. The van der Waals surface area contributed by atoms with Gasteiger partial charge in [-0.1, -0.05) is 41.6 Å². The summed E-state index contributed by atoms with van der Waals surface area (Å²) < 4.78 is 0. The normalized spacial score (nSPS) is 21.0. The van der Waals surface area contributed by atoms with E-state index in [4.69, 9.17) is 4.99 Å². The van der Waals surface area contributed by atoms with E-state index >= 15 is 0 Å². The van der Waals surface area contributed by atoms with Crippen LogP contribution < -0.4 is 0 Å². The Balaban J connectivity index is 2.27. The van der Waals surface area contributed by atoms with Gasteiger partial charge in [0, 0.05) is 12.3 Å². The minimum absolute atomic E-state index is 0.0273. The number of aliphatic imine (C=N–C) groups is 1. The predicted octanol–water partition coefficient (Wildman–Crippen LogP) is 3.78. The first-order valence-corrected chi connectivity index (χ1v) is 8.37. The highest BCUT2D eigenvalue weighted by atomic mass is 32.2. The zero-order valence-corrected chi connectivity index (χ0v) is 14.0. The second-order valence-corrected chi connectivity index (χ2v) is 6.66. The number of para-hydroxylation sites is 1. The standard InChI is InChI=1S/C17H22N2O2S/c1-12(2)9-10-19-15(13(3)16(20)21)11-22-17(19)18-14-7-5-4-6-8-14/h4-9,13,15H,10-11H2,1-3H3,(H,20,21). The Labute approximate surface area is 135 Å². The van der Waals surface area contributed by atoms with Crippen molar-refractivity contribution in [3.05, 3.63) is 42.0 Å². The molecule has 1 saturated heterocycles. The van der Waals surface area contributed by atoms with Crippen molar-refractivity contribution in [2.24, 2.45) is 10.9 Å². The zero-order chi connectivity index (χ0) is 16.1. The molecule has 0 spiro atoms. The Morgan fingerprint density at radius 2 is 2.14 bits per heavy atom. The number of hydrogen-bond donors (Lipinski definition) is 1. The van der Waals surface area contributed by atoms with Crippen molar-refractivity contribution in [1.82, 2.24) is 4.90 Å². The summed E-state index contributed by atoms with van der Waals surface area (Å²) in [4.78, 5) is 18.2. The van der Waals surface area contributed by atoms with Gasteiger partial charge in [0.05, 0.1) is 17.6 Å². The van der Waals surface area contributed by atoms with Crippen LogP contribution in [0.5, 0.6) is 0 Å². The first kappa shape index (κ1) is 16.6. The highest BCUT2D eigenvalue weighted by molar-refractivity contribution is 8.14. The van der Waals surface area contributed by atoms with E-state index in [1.807, 2.05) is 44.2 Å². The molecule has 5 heteroatoms. The lowest BCUT2D eigenvalue weighted by Gasteiger charge is -2.27. The number of nitrogens with zero attached hydrogens (tertiary/aromatic N) is 2. The van der Waals surface area contributed by atoms with Crippen LogP contribution >= 0.6 is 11.8 Å². The number of aliphatic carboxylic acids is 1. The third-order valence-electron chi connectivity index (χ3n) is 3.67. The van der Waals surface area contributed by atoms with Gasteiger partial charge in [-0.15, -0.1) is 0 Å². The van der Waals surface area contributed by atoms with Crippen LogP contribution in [0.4, 0.5) is 5.69 Å². The molecule has 2 rings (SSSR count). The van der Waals surface area contributed by atoms with Crippen LogP contribution in [0, 0.1) is 5.92 Å². The molecule has 1 aliphatic heterocycles. The van der Waals surface area contributed by atoms with Crippen molar-refractivity contribution in [3.63, 3.8) is 0 Å². The maximum Gasteiger partial charge on any atom is 0.308 e. The largest absolute Gasteiger partial charge is 0.481 e. The minimum atomic E-state index is -0.756. The second-order valence-electron chi connectivity index (χ2n) is 5.67. The maximum atomic E-state index is 11.3. The summed E-state index contributed by atoms with van der Waals surface area (Å²) in [6.45, 7) is 6.57. The number of rotatable bonds is 5. The third-order valence-corrected chi connectivity index (χ3v) is 4.77. The highest BCUT2D eigenvalue weighted by Gasteiger charge is 2.36. The van der Waals surface area contributed by atoms with Crippen molar-refractivity contribution in [3.8, 4) is 0 Å². The topological polar surface area (TPSA) is 52.9 Å². The van der Waals surface area contributed by atoms with E-state index < -0.39 is 11.9 Å². The van der Waals surface area contributed by atoms with Crippen LogP contribution in [0.3, 0.4) is 0 Å². The summed E-state index contributed by atoms with van der Waals surface area (Å²) in [5, 5.41) is 10.2. The quantitative estimate of drug-likeness (QED) is 0.840. The van der Waals surface area contributed by atoms with Crippen molar-refractivity contribution in [2.45, 2.75) is 26.8 Å². The monoisotopic (exact) mass is 318 g/mol. The smallest absolute Gasteiger partial charge is 0.308 e. The lowest BCUT2D eigenvalue weighted by atomic mass is 10.0. The average molecular weight is 318 g/mol. The predicted molar refractivity (Wildman–Crippen MR) is 92.7 cm³/mol. The zero-order valence-electron chi connectivity index (χ0n) is 13.2. The molecule has 0 radical (unpaired) electrons. The van der Waals surface area contributed by atoms with Gasteiger partial charge in [0.25, 0.3) is 0 Å². The van der Waals surface area contributed by atoms with Crippen LogP contribution in [-0.4, -0.2) is 39.5 Å². The molecule has 2 atom stereocenters. The fraction of sp³-hybridized carbons (Fsp3) is 0.412. The number of hydrogen-bond acceptors (Lipinski definition) is 3. The number of carbonyl (C=O) groups is 1. The van der Waals surface area contributed by atoms with E-state index in [0.717, 1.165) is 16.6 Å². The lowest BCUT2D eigenvalue weighted by Crippen LogP contribution is -2.41. The second kappa shape index (κ2) is 7.49. The Kier molecular flexibility index (Phi) is 5.66. The molecule has 1 N–H and O–H groups in total. The van der Waals surface area contributed by atoms with Crippen molar-refractivity contribution >= 4 is 28.6 Å². The van der Waals surface area contributed by atoms with Gasteiger partial charge in [0.2, 0.25) is 0 Å². The van der Waals surface area contributed by atoms with Crippen LogP contribution in [0.2, 0.25) is 0 Å². The minimum Gasteiger partial charge on any atom is -0.481 e. The van der Waals surface area contributed by atoms with E-state index in [1.54, 1.807) is 18.7 Å². The van der Waals surface area contributed by atoms with E-state index in [0.29, 0.717) is 6.54 Å². The average Bonchev–Trinajstić information content (AvgIpc) is 2.87. The Morgan fingerprint density at radius 3 is 2.73 bits per heavy atom. The van der Waals surface area contributed by atoms with E-state index in [9.17, 15) is 9.90 Å². The van der Waals surface area contributed by atoms with Gasteiger partial charge >= 0.3 is 5.97 Å². The number of allylic oxidation sites excluding steroid dienone is 1. The molecule has 4 nitrogen and oxygen atoms in total. The molecule has 1 aromatic rings. The molecule has 1 fully saturated rings. The number of carboxylic acids is 1. The Hall–Kier alpha value is -1.75. The van der Waals surface area contributed by atoms with E-state index in [2.05, 4.69) is 11.0 Å². The molecule has 0 bridgehead atoms. The summed E-state index contributed by atoms with van der Waals surface area (Å²) in [6, 6.07) is 9.76. The van der Waals surface area contributed by atoms with Gasteiger partial charge in [-0.3, -0.25) is 4.79 Å². The molecular weight excluding hydrogens is 296 g/mol. The van der Waals surface area contributed by atoms with Gasteiger partial charge in [0.1, 0.15) is 0 Å². The summed E-state index contributed by atoms with van der Waals surface area (Å²) in [7, 11) is 0. The summed E-state index contributed by atoms with van der Waals surface area (Å²) >= 11 is 1.63. The van der Waals surface area contributed by atoms with E-state index in [1.165, 1.54) is 5.57 Å². The van der Waals surface area contributed by atoms with Gasteiger partial charge in [-0.2, -0.15) is 0 Å². The van der Waals surface area contributed by atoms with Crippen molar-refractivity contribution < 1.29 is 9.90 Å². The molecule has 0 aliphatic carbocycles. The van der Waals surface area contributed by atoms with Gasteiger partial charge in [-0.25, -0.2) is 4.99 Å². The molecule has 0 saturated carbocycles. The van der Waals surface area contributed by atoms with Gasteiger partial charge in [-0.05, 0) is 32.9 Å². The molecule has 1 aromatic carbocycles. The molecule has 118 valence electrons. The van der Waals surface area contributed by atoms with Crippen molar-refractivity contribution in [2.75, 3.05) is 12.3 Å². The number of thioether (sulfide) groups is 1. The lowest BCUT2D eigenvalue weighted by molar-refractivity contribution is -0.142. The molecular formula is C17H22N2O2S. The van der Waals surface area contributed by atoms with Crippen LogP contribution in [-0.2, 0) is 4.79 Å². The van der Waals surface area contributed by atoms with Crippen LogP contribution in [0.15, 0.2) is 47.0 Å². The Bertz CT molecular complexity index is 580. The first-order chi connectivity index (χ1) is 10.5. The van der Waals surface area contributed by atoms with Crippen LogP contribution in [0.25, 0.3) is 0 Å². The Morgan fingerprint density at radius 1 is 1.45 bits per heavy atom. The molecule has 2 unspecified atom stereocenters. The van der Waals surface area contributed by atoms with Crippen molar-refractivity contribution in [1.29, 1.82) is 0 Å². The first-order valence-electron chi connectivity index (χ1n) is 7.38. The molecule has 0 amide bonds. The van der Waals surface area contributed by atoms with Gasteiger partial charge < -0.3 is 10.0 Å². The highest BCUT2D eigenvalue weighted by Crippen LogP contribution is 2.31. The van der Waals surface area contributed by atoms with Crippen LogP contribution in [0.1, 0.15) is 20.8 Å². The third kappa shape index (κ3) is 4.13. The number of benzene rings is 1. The molecule has 22 heavy (non-hydrogen) atoms. The molecule has 0 aromatic heterocycles. The summed E-state index contributed by atoms with van der Waals surface area (Å²) in [5.74, 6) is -0.411. The fourth-order valence-electron chi connectivity index (χ4n) is 2.26. The number of carboxylic acid groups (broad SMARTS) is 1. The van der Waals surface area contributed by atoms with E-state index in [-0.39, 0.29) is 6.04 Å². The fourth-order valence-corrected chi connectivity index (χ4v) is 3.59. The molecule has 1 heterocycles. The van der Waals surface area contributed by atoms with Gasteiger partial charge in [0.15, 0.2) is 5.17 Å². The summed E-state index contributed by atoms with van der Waals surface area (Å²) in [6.07, 6.45) is 2.12. The molecule has 1 aliphatic rings. The SMILES string of the molecule is CC(C)=CCN1C(=Nc2ccccc2)SCC1C(C)C(=O)O.